The number of fused-ring (bicyclic) bond motifs is 1. The van der Waals surface area contributed by atoms with Gasteiger partial charge in [0.05, 0.1) is 50.8 Å². The van der Waals surface area contributed by atoms with E-state index in [1.54, 1.807) is 24.3 Å². The highest BCUT2D eigenvalue weighted by Gasteiger charge is 2.22. The van der Waals surface area contributed by atoms with Gasteiger partial charge in [-0.3, -0.25) is 0 Å². The van der Waals surface area contributed by atoms with E-state index < -0.39 is 0 Å². The molecule has 6 heteroatoms. The summed E-state index contributed by atoms with van der Waals surface area (Å²) in [7, 11) is 0. The number of benzene rings is 2. The first kappa shape index (κ1) is 17.0. The maximum atomic E-state index is 12.1. The molecule has 2 fully saturated rings. The standard InChI is InChI=1S/C20H20O6/c21-19(25-11-13-7-23-8-13)17-3-1-15-5-18(4-2-16(15)6-17)20(22)26-12-14-9-24-10-14/h1-6,13-14H,7-12H2. The highest BCUT2D eigenvalue weighted by molar-refractivity contribution is 5.99. The van der Waals surface area contributed by atoms with Crippen molar-refractivity contribution in [2.75, 3.05) is 39.6 Å². The maximum absolute atomic E-state index is 12.1. The van der Waals surface area contributed by atoms with Crippen LogP contribution in [0.25, 0.3) is 10.8 Å². The minimum atomic E-state index is -0.343. The normalized spacial score (nSPS) is 17.4. The Bertz CT molecular complexity index is 753. The number of carbonyl (C=O) groups is 2. The molecule has 0 unspecified atom stereocenters. The van der Waals surface area contributed by atoms with Gasteiger partial charge < -0.3 is 18.9 Å². The molecule has 0 bridgehead atoms. The van der Waals surface area contributed by atoms with E-state index in [-0.39, 0.29) is 11.9 Å². The van der Waals surface area contributed by atoms with Gasteiger partial charge in [-0.15, -0.1) is 0 Å². The molecule has 6 nitrogen and oxygen atoms in total. The molecule has 2 heterocycles. The molecule has 136 valence electrons. The number of ether oxygens (including phenoxy) is 4. The second-order valence-electron chi connectivity index (χ2n) is 6.78. The zero-order valence-corrected chi connectivity index (χ0v) is 14.3. The van der Waals surface area contributed by atoms with Gasteiger partial charge >= 0.3 is 11.9 Å². The summed E-state index contributed by atoms with van der Waals surface area (Å²) < 4.78 is 20.8. The lowest BCUT2D eigenvalue weighted by Gasteiger charge is -2.25. The Balaban J connectivity index is 1.41. The fraction of sp³-hybridized carbons (Fsp3) is 0.400. The minimum Gasteiger partial charge on any atom is -0.462 e. The Hall–Kier alpha value is -2.44. The molecule has 0 aromatic heterocycles. The van der Waals surface area contributed by atoms with Crippen LogP contribution in [0.1, 0.15) is 20.7 Å². The van der Waals surface area contributed by atoms with Gasteiger partial charge in [-0.2, -0.15) is 0 Å². The van der Waals surface area contributed by atoms with Crippen LogP contribution in [0.5, 0.6) is 0 Å². The van der Waals surface area contributed by atoms with Gasteiger partial charge in [0.15, 0.2) is 0 Å². The van der Waals surface area contributed by atoms with Gasteiger partial charge in [-0.25, -0.2) is 9.59 Å². The van der Waals surface area contributed by atoms with E-state index in [2.05, 4.69) is 0 Å². The second kappa shape index (κ2) is 7.43. The van der Waals surface area contributed by atoms with Gasteiger partial charge in [0.2, 0.25) is 0 Å². The van der Waals surface area contributed by atoms with Crippen LogP contribution < -0.4 is 0 Å². The average molecular weight is 356 g/mol. The molecule has 2 aromatic carbocycles. The molecular formula is C20H20O6. The Kier molecular flexibility index (Phi) is 4.86. The van der Waals surface area contributed by atoms with Crippen molar-refractivity contribution < 1.29 is 28.5 Å². The Morgan fingerprint density at radius 3 is 1.54 bits per heavy atom. The molecule has 0 aliphatic carbocycles. The molecule has 26 heavy (non-hydrogen) atoms. The Labute approximate surface area is 151 Å². The van der Waals surface area contributed by atoms with Crippen molar-refractivity contribution in [2.45, 2.75) is 0 Å². The second-order valence-corrected chi connectivity index (χ2v) is 6.78. The lowest BCUT2D eigenvalue weighted by Crippen LogP contribution is -2.32. The molecule has 2 saturated heterocycles. The summed E-state index contributed by atoms with van der Waals surface area (Å²) in [5.74, 6) is -0.0750. The highest BCUT2D eigenvalue weighted by atomic mass is 16.6. The van der Waals surface area contributed by atoms with Crippen LogP contribution in [0.15, 0.2) is 36.4 Å². The van der Waals surface area contributed by atoms with E-state index in [9.17, 15) is 9.59 Å². The Morgan fingerprint density at radius 2 is 1.19 bits per heavy atom. The molecule has 2 aliphatic rings. The minimum absolute atomic E-state index is 0.305. The van der Waals surface area contributed by atoms with Gasteiger partial charge in [0.1, 0.15) is 0 Å². The van der Waals surface area contributed by atoms with Gasteiger partial charge in [0, 0.05) is 11.8 Å². The predicted octanol–water partition coefficient (Wildman–Crippen LogP) is 2.45. The quantitative estimate of drug-likeness (QED) is 0.741. The van der Waals surface area contributed by atoms with Gasteiger partial charge in [-0.05, 0) is 35.0 Å². The lowest BCUT2D eigenvalue weighted by atomic mass is 10.0. The molecule has 4 rings (SSSR count). The SMILES string of the molecule is O=C(OCC1COC1)c1ccc2cc(C(=O)OCC3COC3)ccc2c1. The summed E-state index contributed by atoms with van der Waals surface area (Å²) in [4.78, 5) is 24.3. The van der Waals surface area contributed by atoms with E-state index in [1.165, 1.54) is 0 Å². The molecule has 0 spiro atoms. The van der Waals surface area contributed by atoms with Crippen LogP contribution in [-0.4, -0.2) is 51.6 Å². The molecule has 2 aromatic rings. The molecule has 0 radical (unpaired) electrons. The summed E-state index contributed by atoms with van der Waals surface area (Å²) in [6, 6.07) is 10.6. The zero-order valence-electron chi connectivity index (χ0n) is 14.3. The van der Waals surface area contributed by atoms with E-state index >= 15 is 0 Å². The predicted molar refractivity (Wildman–Crippen MR) is 93.1 cm³/mol. The molecular weight excluding hydrogens is 336 g/mol. The number of carbonyl (C=O) groups excluding carboxylic acids is 2. The summed E-state index contributed by atoms with van der Waals surface area (Å²) in [6.07, 6.45) is 0. The summed E-state index contributed by atoms with van der Waals surface area (Å²) in [5.41, 5.74) is 0.996. The van der Waals surface area contributed by atoms with Crippen molar-refractivity contribution in [3.05, 3.63) is 47.5 Å². The van der Waals surface area contributed by atoms with Crippen LogP contribution in [0.4, 0.5) is 0 Å². The van der Waals surface area contributed by atoms with E-state index in [4.69, 9.17) is 18.9 Å². The monoisotopic (exact) mass is 356 g/mol. The first-order valence-electron chi connectivity index (χ1n) is 8.72. The van der Waals surface area contributed by atoms with Crippen LogP contribution in [0.2, 0.25) is 0 Å². The first-order chi connectivity index (χ1) is 12.7. The van der Waals surface area contributed by atoms with Crippen molar-refractivity contribution in [2.24, 2.45) is 11.8 Å². The number of hydrogen-bond donors (Lipinski definition) is 0. The number of hydrogen-bond acceptors (Lipinski definition) is 6. The van der Waals surface area contributed by atoms with Crippen LogP contribution in [0.3, 0.4) is 0 Å². The van der Waals surface area contributed by atoms with Crippen LogP contribution >= 0.6 is 0 Å². The average Bonchev–Trinajstić information content (AvgIpc) is 2.57. The van der Waals surface area contributed by atoms with Crippen LogP contribution in [0, 0.1) is 11.8 Å². The topological polar surface area (TPSA) is 71.1 Å². The summed E-state index contributed by atoms with van der Waals surface area (Å²) in [6.45, 7) is 3.37. The molecule has 2 aliphatic heterocycles. The fourth-order valence-corrected chi connectivity index (χ4v) is 2.81. The van der Waals surface area contributed by atoms with Gasteiger partial charge in [-0.1, -0.05) is 12.1 Å². The molecule has 0 atom stereocenters. The fourth-order valence-electron chi connectivity index (χ4n) is 2.81. The van der Waals surface area contributed by atoms with E-state index in [0.717, 1.165) is 10.8 Å². The van der Waals surface area contributed by atoms with Crippen molar-refractivity contribution in [1.29, 1.82) is 0 Å². The maximum Gasteiger partial charge on any atom is 0.338 e. The smallest absolute Gasteiger partial charge is 0.338 e. The molecule has 0 amide bonds. The number of esters is 2. The van der Waals surface area contributed by atoms with Crippen molar-refractivity contribution >= 4 is 22.7 Å². The van der Waals surface area contributed by atoms with Crippen LogP contribution in [-0.2, 0) is 18.9 Å². The Morgan fingerprint density at radius 1 is 0.769 bits per heavy atom. The van der Waals surface area contributed by atoms with Crippen molar-refractivity contribution in [3.8, 4) is 0 Å². The van der Waals surface area contributed by atoms with E-state index in [0.29, 0.717) is 62.6 Å². The third kappa shape index (κ3) is 3.71. The van der Waals surface area contributed by atoms with Crippen molar-refractivity contribution in [1.82, 2.24) is 0 Å². The third-order valence-electron chi connectivity index (χ3n) is 4.63. The van der Waals surface area contributed by atoms with E-state index in [1.807, 2.05) is 12.1 Å². The highest BCUT2D eigenvalue weighted by Crippen LogP contribution is 2.20. The zero-order chi connectivity index (χ0) is 17.9. The molecule has 0 N–H and O–H groups in total. The lowest BCUT2D eigenvalue weighted by molar-refractivity contribution is -0.0616. The third-order valence-corrected chi connectivity index (χ3v) is 4.63. The largest absolute Gasteiger partial charge is 0.462 e. The molecule has 0 saturated carbocycles. The van der Waals surface area contributed by atoms with Crippen molar-refractivity contribution in [3.63, 3.8) is 0 Å². The number of rotatable bonds is 6. The summed E-state index contributed by atoms with van der Waals surface area (Å²) in [5, 5.41) is 1.74. The van der Waals surface area contributed by atoms with Gasteiger partial charge in [0.25, 0.3) is 0 Å². The first-order valence-corrected chi connectivity index (χ1v) is 8.72. The summed E-state index contributed by atoms with van der Waals surface area (Å²) >= 11 is 0.